The van der Waals surface area contributed by atoms with Crippen molar-refractivity contribution >= 4 is 11.9 Å². The van der Waals surface area contributed by atoms with Crippen molar-refractivity contribution in [2.75, 3.05) is 19.8 Å². The SMILES string of the molecule is CC(C)O[C@@H]1OC(C(=O)OCc2ccccc2)[C@@H](OCCO[C@@H]2OC(C(=O)OCC(F)(F)F)[C@@H](OC(C)C)[C@H](O)[C@@H]2O)[C@H](O)[C@@H]1O. The summed E-state index contributed by atoms with van der Waals surface area (Å²) in [5, 5.41) is 42.6. The molecule has 14 nitrogen and oxygen atoms in total. The van der Waals surface area contributed by atoms with Crippen molar-refractivity contribution in [3.8, 4) is 0 Å². The topological polar surface area (TPSA) is 189 Å². The van der Waals surface area contributed by atoms with Crippen molar-refractivity contribution < 1.29 is 81.1 Å². The van der Waals surface area contributed by atoms with Crippen LogP contribution >= 0.6 is 0 Å². The Hall–Kier alpha value is -2.45. The maximum atomic E-state index is 13.0. The number of benzene rings is 1. The van der Waals surface area contributed by atoms with Gasteiger partial charge < -0.3 is 58.3 Å². The predicted octanol–water partition coefficient (Wildman–Crippen LogP) is 0.349. The third-order valence-corrected chi connectivity index (χ3v) is 6.67. The number of esters is 2. The summed E-state index contributed by atoms with van der Waals surface area (Å²) in [7, 11) is 0. The summed E-state index contributed by atoms with van der Waals surface area (Å²) >= 11 is 0. The summed E-state index contributed by atoms with van der Waals surface area (Å²) in [6.07, 6.45) is -22.6. The molecule has 1 aromatic carbocycles. The third-order valence-electron chi connectivity index (χ3n) is 6.67. The number of alkyl halides is 3. The van der Waals surface area contributed by atoms with Gasteiger partial charge in [-0.05, 0) is 33.3 Å². The zero-order chi connectivity index (χ0) is 34.2. The molecule has 0 aromatic heterocycles. The fourth-order valence-electron chi connectivity index (χ4n) is 4.62. The average Bonchev–Trinajstić information content (AvgIpc) is 2.99. The van der Waals surface area contributed by atoms with E-state index >= 15 is 0 Å². The number of aliphatic hydroxyl groups excluding tert-OH is 4. The van der Waals surface area contributed by atoms with E-state index in [0.29, 0.717) is 5.56 Å². The van der Waals surface area contributed by atoms with Crippen LogP contribution in [0.15, 0.2) is 30.3 Å². The molecule has 262 valence electrons. The van der Waals surface area contributed by atoms with Crippen molar-refractivity contribution in [3.05, 3.63) is 35.9 Å². The van der Waals surface area contributed by atoms with Gasteiger partial charge in [0, 0.05) is 0 Å². The van der Waals surface area contributed by atoms with Crippen molar-refractivity contribution in [2.45, 2.75) is 114 Å². The van der Waals surface area contributed by atoms with Gasteiger partial charge in [0.2, 0.25) is 0 Å². The predicted molar refractivity (Wildman–Crippen MR) is 147 cm³/mol. The molecule has 2 heterocycles. The lowest BCUT2D eigenvalue weighted by molar-refractivity contribution is -0.317. The smallest absolute Gasteiger partial charge is 0.422 e. The Morgan fingerprint density at radius 3 is 1.87 bits per heavy atom. The van der Waals surface area contributed by atoms with Gasteiger partial charge >= 0.3 is 18.1 Å². The maximum absolute atomic E-state index is 13.0. The van der Waals surface area contributed by atoms with E-state index in [-0.39, 0.29) is 6.61 Å². The second-order valence-corrected chi connectivity index (χ2v) is 11.2. The molecule has 2 saturated heterocycles. The molecule has 2 fully saturated rings. The van der Waals surface area contributed by atoms with Gasteiger partial charge in [-0.2, -0.15) is 13.2 Å². The first-order valence-electron chi connectivity index (χ1n) is 14.6. The van der Waals surface area contributed by atoms with Crippen LogP contribution in [0.2, 0.25) is 0 Å². The van der Waals surface area contributed by atoms with E-state index in [1.165, 1.54) is 13.8 Å². The van der Waals surface area contributed by atoms with E-state index in [2.05, 4.69) is 4.74 Å². The molecule has 3 rings (SSSR count). The highest BCUT2D eigenvalue weighted by atomic mass is 19.4. The number of aliphatic hydroxyl groups is 4. The summed E-state index contributed by atoms with van der Waals surface area (Å²) in [5.74, 6) is -2.44. The normalized spacial score (nSPS) is 32.0. The second-order valence-electron chi connectivity index (χ2n) is 11.2. The van der Waals surface area contributed by atoms with Crippen LogP contribution in [0.3, 0.4) is 0 Å². The highest BCUT2D eigenvalue weighted by molar-refractivity contribution is 5.76. The molecule has 0 radical (unpaired) electrons. The lowest BCUT2D eigenvalue weighted by Crippen LogP contribution is -2.62. The summed E-state index contributed by atoms with van der Waals surface area (Å²) in [4.78, 5) is 25.5. The highest BCUT2D eigenvalue weighted by Crippen LogP contribution is 2.29. The zero-order valence-corrected chi connectivity index (χ0v) is 25.6. The van der Waals surface area contributed by atoms with Gasteiger partial charge in [-0.15, -0.1) is 0 Å². The molecule has 46 heavy (non-hydrogen) atoms. The Kier molecular flexibility index (Phi) is 14.1. The number of halogens is 3. The van der Waals surface area contributed by atoms with Crippen molar-refractivity contribution in [1.82, 2.24) is 0 Å². The lowest BCUT2D eigenvalue weighted by Gasteiger charge is -2.42. The zero-order valence-electron chi connectivity index (χ0n) is 25.6. The molecule has 0 aliphatic carbocycles. The van der Waals surface area contributed by atoms with E-state index in [1.807, 2.05) is 0 Å². The van der Waals surface area contributed by atoms with Crippen LogP contribution in [-0.2, 0) is 54.1 Å². The molecule has 0 saturated carbocycles. The fraction of sp³-hybridized carbons (Fsp3) is 0.724. The molecular formula is C29H41F3O14. The van der Waals surface area contributed by atoms with Gasteiger partial charge in [-0.25, -0.2) is 9.59 Å². The van der Waals surface area contributed by atoms with Gasteiger partial charge in [-0.3, -0.25) is 0 Å². The minimum absolute atomic E-state index is 0.128. The van der Waals surface area contributed by atoms with Crippen LogP contribution in [0.25, 0.3) is 0 Å². The van der Waals surface area contributed by atoms with Crippen LogP contribution in [0, 0.1) is 0 Å². The van der Waals surface area contributed by atoms with Gasteiger partial charge in [0.1, 0.15) is 43.2 Å². The monoisotopic (exact) mass is 670 g/mol. The van der Waals surface area contributed by atoms with Gasteiger partial charge in [0.15, 0.2) is 31.4 Å². The van der Waals surface area contributed by atoms with E-state index in [0.717, 1.165) is 0 Å². The number of rotatable bonds is 14. The Labute approximate surface area is 263 Å². The Balaban J connectivity index is 1.66. The Morgan fingerprint density at radius 1 is 0.739 bits per heavy atom. The van der Waals surface area contributed by atoms with E-state index < -0.39 is 112 Å². The van der Waals surface area contributed by atoms with Crippen LogP contribution in [-0.4, -0.2) is 132 Å². The van der Waals surface area contributed by atoms with E-state index in [4.69, 9.17) is 33.2 Å². The summed E-state index contributed by atoms with van der Waals surface area (Å²) in [6, 6.07) is 8.72. The van der Waals surface area contributed by atoms with Crippen LogP contribution in [0.4, 0.5) is 13.2 Å². The molecule has 1 aromatic rings. The first-order chi connectivity index (χ1) is 21.6. The van der Waals surface area contributed by atoms with Crippen molar-refractivity contribution in [2.24, 2.45) is 0 Å². The molecule has 2 unspecified atom stereocenters. The number of ether oxygens (including phenoxy) is 8. The third kappa shape index (κ3) is 10.8. The van der Waals surface area contributed by atoms with Gasteiger partial charge in [0.05, 0.1) is 25.4 Å². The van der Waals surface area contributed by atoms with Crippen molar-refractivity contribution in [1.29, 1.82) is 0 Å². The molecule has 4 N–H and O–H groups in total. The molecular weight excluding hydrogens is 629 g/mol. The molecule has 0 amide bonds. The molecule has 2 aliphatic heterocycles. The van der Waals surface area contributed by atoms with E-state index in [9.17, 15) is 43.2 Å². The minimum atomic E-state index is -4.84. The second kappa shape index (κ2) is 17.1. The number of carbonyl (C=O) groups is 2. The molecule has 0 spiro atoms. The summed E-state index contributed by atoms with van der Waals surface area (Å²) in [5.41, 5.74) is 0.669. The van der Waals surface area contributed by atoms with Crippen LogP contribution in [0.1, 0.15) is 33.3 Å². The Morgan fingerprint density at radius 2 is 1.26 bits per heavy atom. The van der Waals surface area contributed by atoms with Gasteiger partial charge in [-0.1, -0.05) is 30.3 Å². The number of carbonyl (C=O) groups excluding carboxylic acids is 2. The largest absolute Gasteiger partial charge is 0.459 e. The van der Waals surface area contributed by atoms with Crippen molar-refractivity contribution in [3.63, 3.8) is 0 Å². The lowest BCUT2D eigenvalue weighted by atomic mass is 9.98. The highest BCUT2D eigenvalue weighted by Gasteiger charge is 2.52. The van der Waals surface area contributed by atoms with E-state index in [1.54, 1.807) is 44.2 Å². The Bertz CT molecular complexity index is 1090. The number of hydrogen-bond acceptors (Lipinski definition) is 14. The molecule has 17 heteroatoms. The fourth-order valence-corrected chi connectivity index (χ4v) is 4.62. The van der Waals surface area contributed by atoms with Crippen LogP contribution < -0.4 is 0 Å². The summed E-state index contributed by atoms with van der Waals surface area (Å²) in [6.45, 7) is 3.41. The molecule has 2 aliphatic rings. The number of hydrogen-bond donors (Lipinski definition) is 4. The van der Waals surface area contributed by atoms with Gasteiger partial charge in [0.25, 0.3) is 0 Å². The first kappa shape index (κ1) is 38.0. The standard InChI is InChI=1S/C29H41F3O14/c1-14(2)43-22-18(34)19(35)27(45-24(22)26(38)42-13-29(30,31)32)40-11-10-39-21-17(33)20(36)28(44-15(3)4)46-23(21)25(37)41-12-16-8-6-5-7-9-16/h5-9,14-15,17-24,27-28,33-36H,10-13H2,1-4H3/t17-,18-,19+,20+,21+,22+,23?,24?,27-,28-/m1/s1. The average molecular weight is 671 g/mol. The molecule has 0 bridgehead atoms. The maximum Gasteiger partial charge on any atom is 0.422 e. The van der Waals surface area contributed by atoms with Crippen LogP contribution in [0.5, 0.6) is 0 Å². The molecule has 10 atom stereocenters. The summed E-state index contributed by atoms with van der Waals surface area (Å²) < 4.78 is 80.5. The first-order valence-corrected chi connectivity index (χ1v) is 14.6. The minimum Gasteiger partial charge on any atom is -0.459 e. The quantitative estimate of drug-likeness (QED) is 0.157.